The second-order valence-electron chi connectivity index (χ2n) is 6.86. The molecule has 1 atom stereocenters. The van der Waals surface area contributed by atoms with Crippen molar-refractivity contribution in [3.05, 3.63) is 95.6 Å². The van der Waals surface area contributed by atoms with E-state index in [0.29, 0.717) is 17.9 Å². The fraction of sp³-hybridized carbons (Fsp3) is 0.200. The van der Waals surface area contributed by atoms with E-state index in [1.807, 2.05) is 60.7 Å². The molecule has 6 heteroatoms. The maximum Gasteiger partial charge on any atom is 0.342 e. The Labute approximate surface area is 181 Å². The highest BCUT2D eigenvalue weighted by Gasteiger charge is 2.19. The van der Waals surface area contributed by atoms with Gasteiger partial charge in [0.15, 0.2) is 6.61 Å². The molecule has 0 heterocycles. The molecule has 0 aliphatic heterocycles. The van der Waals surface area contributed by atoms with E-state index < -0.39 is 12.6 Å². The van der Waals surface area contributed by atoms with Gasteiger partial charge in [0.05, 0.1) is 20.3 Å². The Bertz CT molecular complexity index is 1000. The molecule has 0 fully saturated rings. The van der Waals surface area contributed by atoms with E-state index in [-0.39, 0.29) is 17.5 Å². The number of methoxy groups -OCH3 is 2. The molecule has 3 aromatic carbocycles. The first-order chi connectivity index (χ1) is 15.1. The number of nitrogens with one attached hydrogen (secondary N) is 1. The van der Waals surface area contributed by atoms with Crippen molar-refractivity contribution in [2.45, 2.75) is 12.5 Å². The van der Waals surface area contributed by atoms with Gasteiger partial charge in [0.25, 0.3) is 5.91 Å². The summed E-state index contributed by atoms with van der Waals surface area (Å²) < 4.78 is 15.6. The van der Waals surface area contributed by atoms with E-state index in [4.69, 9.17) is 14.2 Å². The molecular formula is C25H25NO5. The SMILES string of the molecule is COc1ccc(C(=O)OCC(=O)NC(Cc2ccccc2)c2ccccc2)c(OC)c1. The lowest BCUT2D eigenvalue weighted by molar-refractivity contribution is -0.125. The van der Waals surface area contributed by atoms with Gasteiger partial charge < -0.3 is 19.5 Å². The lowest BCUT2D eigenvalue weighted by Gasteiger charge is -2.19. The Morgan fingerprint density at radius 2 is 1.55 bits per heavy atom. The summed E-state index contributed by atoms with van der Waals surface area (Å²) in [4.78, 5) is 25.0. The van der Waals surface area contributed by atoms with Crippen LogP contribution in [0.3, 0.4) is 0 Å². The van der Waals surface area contributed by atoms with Gasteiger partial charge in [0, 0.05) is 6.07 Å². The van der Waals surface area contributed by atoms with Crippen LogP contribution in [0.4, 0.5) is 0 Å². The number of ether oxygens (including phenoxy) is 3. The topological polar surface area (TPSA) is 73.9 Å². The summed E-state index contributed by atoms with van der Waals surface area (Å²) in [7, 11) is 2.97. The summed E-state index contributed by atoms with van der Waals surface area (Å²) in [6.07, 6.45) is 0.622. The van der Waals surface area contributed by atoms with Gasteiger partial charge in [-0.1, -0.05) is 60.7 Å². The molecule has 1 amide bonds. The maximum atomic E-state index is 12.6. The van der Waals surface area contributed by atoms with Crippen LogP contribution in [0.2, 0.25) is 0 Å². The number of benzene rings is 3. The third-order valence-corrected chi connectivity index (χ3v) is 4.78. The van der Waals surface area contributed by atoms with Crippen molar-refractivity contribution in [2.24, 2.45) is 0 Å². The van der Waals surface area contributed by atoms with Crippen LogP contribution in [0.15, 0.2) is 78.9 Å². The zero-order valence-corrected chi connectivity index (χ0v) is 17.5. The van der Waals surface area contributed by atoms with Gasteiger partial charge in [-0.15, -0.1) is 0 Å². The van der Waals surface area contributed by atoms with E-state index in [2.05, 4.69) is 5.32 Å². The molecular weight excluding hydrogens is 394 g/mol. The Balaban J connectivity index is 1.65. The lowest BCUT2D eigenvalue weighted by atomic mass is 9.99. The van der Waals surface area contributed by atoms with Crippen molar-refractivity contribution in [1.82, 2.24) is 5.32 Å². The Morgan fingerprint density at radius 3 is 2.19 bits per heavy atom. The highest BCUT2D eigenvalue weighted by Crippen LogP contribution is 2.25. The molecule has 3 rings (SSSR count). The maximum absolute atomic E-state index is 12.6. The van der Waals surface area contributed by atoms with Crippen LogP contribution >= 0.6 is 0 Å². The molecule has 0 radical (unpaired) electrons. The molecule has 160 valence electrons. The second kappa shape index (κ2) is 10.8. The monoisotopic (exact) mass is 419 g/mol. The number of carbonyl (C=O) groups excluding carboxylic acids is 2. The zero-order valence-electron chi connectivity index (χ0n) is 17.5. The van der Waals surface area contributed by atoms with E-state index in [9.17, 15) is 9.59 Å². The minimum Gasteiger partial charge on any atom is -0.497 e. The first-order valence-electron chi connectivity index (χ1n) is 9.88. The first kappa shape index (κ1) is 21.9. The number of hydrogen-bond acceptors (Lipinski definition) is 5. The molecule has 0 saturated carbocycles. The Kier molecular flexibility index (Phi) is 7.65. The largest absolute Gasteiger partial charge is 0.497 e. The molecule has 1 unspecified atom stereocenters. The third kappa shape index (κ3) is 6.09. The summed E-state index contributed by atoms with van der Waals surface area (Å²) in [5, 5.41) is 2.97. The molecule has 6 nitrogen and oxygen atoms in total. The van der Waals surface area contributed by atoms with Crippen molar-refractivity contribution in [2.75, 3.05) is 20.8 Å². The van der Waals surface area contributed by atoms with Crippen molar-refractivity contribution in [3.63, 3.8) is 0 Å². The van der Waals surface area contributed by atoms with Crippen molar-refractivity contribution in [1.29, 1.82) is 0 Å². The van der Waals surface area contributed by atoms with E-state index in [1.165, 1.54) is 14.2 Å². The molecule has 0 aliphatic carbocycles. The minimum absolute atomic E-state index is 0.222. The van der Waals surface area contributed by atoms with Gasteiger partial charge in [-0.3, -0.25) is 4.79 Å². The summed E-state index contributed by atoms with van der Waals surface area (Å²) in [6, 6.07) is 24.1. The first-order valence-corrected chi connectivity index (χ1v) is 9.88. The molecule has 0 aromatic heterocycles. The molecule has 31 heavy (non-hydrogen) atoms. The molecule has 0 bridgehead atoms. The fourth-order valence-corrected chi connectivity index (χ4v) is 3.20. The summed E-state index contributed by atoms with van der Waals surface area (Å²) in [6.45, 7) is -0.397. The number of esters is 1. The van der Waals surface area contributed by atoms with Gasteiger partial charge in [-0.05, 0) is 29.7 Å². The quantitative estimate of drug-likeness (QED) is 0.532. The average molecular weight is 419 g/mol. The van der Waals surface area contributed by atoms with Gasteiger partial charge >= 0.3 is 5.97 Å². The second-order valence-corrected chi connectivity index (χ2v) is 6.86. The number of rotatable bonds is 9. The highest BCUT2D eigenvalue weighted by molar-refractivity contribution is 5.94. The van der Waals surface area contributed by atoms with Crippen LogP contribution in [0, 0.1) is 0 Å². The van der Waals surface area contributed by atoms with Crippen LogP contribution in [-0.4, -0.2) is 32.7 Å². The van der Waals surface area contributed by atoms with Crippen molar-refractivity contribution < 1.29 is 23.8 Å². The fourth-order valence-electron chi connectivity index (χ4n) is 3.20. The number of amides is 1. The lowest BCUT2D eigenvalue weighted by Crippen LogP contribution is -2.33. The van der Waals surface area contributed by atoms with Gasteiger partial charge in [0.1, 0.15) is 17.1 Å². The van der Waals surface area contributed by atoms with Gasteiger partial charge in [-0.25, -0.2) is 4.79 Å². The molecule has 0 saturated heterocycles. The Hall–Kier alpha value is -3.80. The molecule has 0 aliphatic rings. The number of hydrogen-bond donors (Lipinski definition) is 1. The molecule has 1 N–H and O–H groups in total. The normalized spacial score (nSPS) is 11.3. The van der Waals surface area contributed by atoms with E-state index in [0.717, 1.165) is 11.1 Å². The predicted octanol–water partition coefficient (Wildman–Crippen LogP) is 3.96. The summed E-state index contributed by atoms with van der Waals surface area (Å²) in [5.41, 5.74) is 2.29. The molecule has 3 aromatic rings. The van der Waals surface area contributed by atoms with Gasteiger partial charge in [0.2, 0.25) is 0 Å². The van der Waals surface area contributed by atoms with Crippen molar-refractivity contribution >= 4 is 11.9 Å². The summed E-state index contributed by atoms with van der Waals surface area (Å²) in [5.74, 6) is -0.159. The number of carbonyl (C=O) groups is 2. The van der Waals surface area contributed by atoms with E-state index in [1.54, 1.807) is 18.2 Å². The van der Waals surface area contributed by atoms with Crippen LogP contribution in [0.5, 0.6) is 11.5 Å². The van der Waals surface area contributed by atoms with Crippen molar-refractivity contribution in [3.8, 4) is 11.5 Å². The third-order valence-electron chi connectivity index (χ3n) is 4.78. The van der Waals surface area contributed by atoms with Crippen LogP contribution in [0.25, 0.3) is 0 Å². The molecule has 0 spiro atoms. The Morgan fingerprint density at radius 1 is 0.871 bits per heavy atom. The standard InChI is InChI=1S/C25H25NO5/c1-29-20-13-14-21(23(16-20)30-2)25(28)31-17-24(27)26-22(19-11-7-4-8-12-19)15-18-9-5-3-6-10-18/h3-14,16,22H,15,17H2,1-2H3,(H,26,27). The summed E-state index contributed by atoms with van der Waals surface area (Å²) >= 11 is 0. The van der Waals surface area contributed by atoms with Gasteiger partial charge in [-0.2, -0.15) is 0 Å². The van der Waals surface area contributed by atoms with E-state index >= 15 is 0 Å². The zero-order chi connectivity index (χ0) is 22.1. The smallest absolute Gasteiger partial charge is 0.342 e. The highest BCUT2D eigenvalue weighted by atomic mass is 16.5. The van der Waals surface area contributed by atoms with Crippen LogP contribution in [0.1, 0.15) is 27.5 Å². The van der Waals surface area contributed by atoms with Crippen LogP contribution in [-0.2, 0) is 16.0 Å². The average Bonchev–Trinajstić information content (AvgIpc) is 2.82. The predicted molar refractivity (Wildman–Crippen MR) is 117 cm³/mol. The van der Waals surface area contributed by atoms with Crippen LogP contribution < -0.4 is 14.8 Å². The minimum atomic E-state index is -0.644.